The number of carbonyl (C=O) groups excluding carboxylic acids is 1. The van der Waals surface area contributed by atoms with Crippen LogP contribution in [0.1, 0.15) is 57.6 Å². The third-order valence-electron chi connectivity index (χ3n) is 8.15. The SMILES string of the molecule is CC(C)(C)C(OC(N)=O)C1CCC(Nc2ccc(-c3ccc(OCc4ccccc4)nc3OCc3ccccc3)cc2)CC1. The quantitative estimate of drug-likeness (QED) is 0.181. The van der Waals surface area contributed by atoms with Gasteiger partial charge in [0.05, 0.1) is 0 Å². The molecule has 3 aromatic carbocycles. The van der Waals surface area contributed by atoms with Crippen molar-refractivity contribution in [3.05, 3.63) is 108 Å². The number of primary amides is 1. The molecule has 7 heteroatoms. The Labute approximate surface area is 260 Å². The predicted molar refractivity (Wildman–Crippen MR) is 175 cm³/mol. The fourth-order valence-electron chi connectivity index (χ4n) is 5.94. The summed E-state index contributed by atoms with van der Waals surface area (Å²) in [5.41, 5.74) is 10.4. The van der Waals surface area contributed by atoms with Gasteiger partial charge in [0.2, 0.25) is 11.8 Å². The fraction of sp³-hybridized carbons (Fsp3) is 0.351. The number of benzene rings is 3. The molecule has 0 radical (unpaired) electrons. The minimum atomic E-state index is -0.691. The van der Waals surface area contributed by atoms with E-state index in [1.807, 2.05) is 72.8 Å². The van der Waals surface area contributed by atoms with E-state index in [2.05, 4.69) is 50.4 Å². The van der Waals surface area contributed by atoms with Crippen LogP contribution in [0.15, 0.2) is 97.1 Å². The van der Waals surface area contributed by atoms with Gasteiger partial charge in [-0.2, -0.15) is 4.98 Å². The highest BCUT2D eigenvalue weighted by Gasteiger charge is 2.37. The van der Waals surface area contributed by atoms with Gasteiger partial charge in [-0.1, -0.05) is 93.6 Å². The molecule has 4 aromatic rings. The molecule has 1 aromatic heterocycles. The lowest BCUT2D eigenvalue weighted by Crippen LogP contribution is -2.42. The van der Waals surface area contributed by atoms with Gasteiger partial charge in [-0.3, -0.25) is 0 Å². The van der Waals surface area contributed by atoms with Crippen molar-refractivity contribution in [2.24, 2.45) is 17.1 Å². The van der Waals surface area contributed by atoms with Crippen molar-refractivity contribution in [1.29, 1.82) is 0 Å². The summed E-state index contributed by atoms with van der Waals surface area (Å²) in [5, 5.41) is 3.70. The maximum absolute atomic E-state index is 11.5. The number of amides is 1. The van der Waals surface area contributed by atoms with E-state index in [1.165, 1.54) is 0 Å². The normalized spacial score (nSPS) is 17.3. The van der Waals surface area contributed by atoms with Crippen molar-refractivity contribution in [2.75, 3.05) is 5.32 Å². The molecule has 0 saturated heterocycles. The summed E-state index contributed by atoms with van der Waals surface area (Å²) in [6.45, 7) is 7.15. The van der Waals surface area contributed by atoms with Crippen LogP contribution in [0.3, 0.4) is 0 Å². The van der Waals surface area contributed by atoms with Gasteiger partial charge in [0.15, 0.2) is 0 Å². The van der Waals surface area contributed by atoms with Crippen molar-refractivity contribution in [1.82, 2.24) is 4.98 Å². The Morgan fingerprint density at radius 1 is 0.818 bits per heavy atom. The Balaban J connectivity index is 1.25. The molecule has 0 aliphatic heterocycles. The average molecular weight is 594 g/mol. The summed E-state index contributed by atoms with van der Waals surface area (Å²) in [7, 11) is 0. The molecular formula is C37H43N3O4. The zero-order valence-corrected chi connectivity index (χ0v) is 25.9. The third kappa shape index (κ3) is 8.53. The molecule has 3 N–H and O–H groups in total. The van der Waals surface area contributed by atoms with Crippen LogP contribution in [0.2, 0.25) is 0 Å². The van der Waals surface area contributed by atoms with Gasteiger partial charge in [-0.15, -0.1) is 0 Å². The van der Waals surface area contributed by atoms with E-state index in [-0.39, 0.29) is 11.5 Å². The fourth-order valence-corrected chi connectivity index (χ4v) is 5.94. The summed E-state index contributed by atoms with van der Waals surface area (Å²) in [6.07, 6.45) is 3.11. The molecule has 230 valence electrons. The van der Waals surface area contributed by atoms with Gasteiger partial charge in [-0.05, 0) is 71.9 Å². The number of nitrogens with two attached hydrogens (primary N) is 1. The van der Waals surface area contributed by atoms with Crippen molar-refractivity contribution >= 4 is 11.8 Å². The van der Waals surface area contributed by atoms with Crippen LogP contribution in [-0.4, -0.2) is 23.2 Å². The highest BCUT2D eigenvalue weighted by atomic mass is 16.6. The van der Waals surface area contributed by atoms with Gasteiger partial charge in [-0.25, -0.2) is 4.79 Å². The van der Waals surface area contributed by atoms with Crippen molar-refractivity contribution in [3.63, 3.8) is 0 Å². The number of hydrogen-bond acceptors (Lipinski definition) is 6. The molecule has 0 bridgehead atoms. The molecule has 1 heterocycles. The second-order valence-corrected chi connectivity index (χ2v) is 12.6. The maximum Gasteiger partial charge on any atom is 0.404 e. The van der Waals surface area contributed by atoms with Gasteiger partial charge >= 0.3 is 6.09 Å². The molecule has 1 atom stereocenters. The summed E-state index contributed by atoms with van der Waals surface area (Å²) in [5.74, 6) is 1.36. The van der Waals surface area contributed by atoms with E-state index in [1.54, 1.807) is 0 Å². The number of carbonyl (C=O) groups is 1. The topological polar surface area (TPSA) is 95.7 Å². The first-order valence-corrected chi connectivity index (χ1v) is 15.4. The van der Waals surface area contributed by atoms with Gasteiger partial charge in [0.25, 0.3) is 0 Å². The molecule has 1 unspecified atom stereocenters. The van der Waals surface area contributed by atoms with Crippen LogP contribution in [0.4, 0.5) is 10.5 Å². The van der Waals surface area contributed by atoms with E-state index in [0.29, 0.717) is 36.9 Å². The van der Waals surface area contributed by atoms with E-state index in [4.69, 9.17) is 24.9 Å². The minimum Gasteiger partial charge on any atom is -0.473 e. The standard InChI is InChI=1S/C37H43N3O4/c1-37(2,3)34(44-36(38)41)29-16-20-31(21-17-29)39-30-18-14-28(15-19-30)32-22-23-33(42-24-26-10-6-4-7-11-26)40-35(32)43-25-27-12-8-5-9-13-27/h4-15,18-19,22-23,29,31,34,39H,16-17,20-21,24-25H2,1-3H3,(H2,38,41). The summed E-state index contributed by atoms with van der Waals surface area (Å²) < 4.78 is 17.8. The molecule has 0 spiro atoms. The maximum atomic E-state index is 11.5. The molecule has 1 aliphatic rings. The largest absolute Gasteiger partial charge is 0.473 e. The van der Waals surface area contributed by atoms with Crippen LogP contribution < -0.4 is 20.5 Å². The van der Waals surface area contributed by atoms with Crippen molar-refractivity contribution < 1.29 is 19.0 Å². The second-order valence-electron chi connectivity index (χ2n) is 12.6. The Morgan fingerprint density at radius 2 is 1.41 bits per heavy atom. The van der Waals surface area contributed by atoms with Crippen LogP contribution >= 0.6 is 0 Å². The Bertz CT molecular complexity index is 1480. The van der Waals surface area contributed by atoms with Crippen molar-refractivity contribution in [2.45, 2.75) is 71.8 Å². The molecule has 1 amide bonds. The van der Waals surface area contributed by atoms with Crippen LogP contribution in [-0.2, 0) is 18.0 Å². The zero-order valence-electron chi connectivity index (χ0n) is 25.9. The number of pyridine rings is 1. The number of anilines is 1. The highest BCUT2D eigenvalue weighted by molar-refractivity contribution is 5.71. The Kier molecular flexibility index (Phi) is 10.1. The zero-order chi connectivity index (χ0) is 30.9. The lowest BCUT2D eigenvalue weighted by Gasteiger charge is -2.39. The van der Waals surface area contributed by atoms with Crippen LogP contribution in [0.25, 0.3) is 11.1 Å². The number of hydrogen-bond donors (Lipinski definition) is 2. The molecule has 5 rings (SSSR count). The smallest absolute Gasteiger partial charge is 0.404 e. The highest BCUT2D eigenvalue weighted by Crippen LogP contribution is 2.38. The molecular weight excluding hydrogens is 550 g/mol. The molecule has 1 aliphatic carbocycles. The summed E-state index contributed by atoms with van der Waals surface area (Å²) in [4.78, 5) is 16.3. The summed E-state index contributed by atoms with van der Waals surface area (Å²) >= 11 is 0. The first-order chi connectivity index (χ1) is 21.2. The molecule has 1 saturated carbocycles. The number of nitrogens with one attached hydrogen (secondary N) is 1. The molecule has 44 heavy (non-hydrogen) atoms. The van der Waals surface area contributed by atoms with E-state index in [9.17, 15) is 4.79 Å². The number of aromatic nitrogens is 1. The van der Waals surface area contributed by atoms with E-state index < -0.39 is 6.09 Å². The first kappa shape index (κ1) is 30.9. The molecule has 1 fully saturated rings. The van der Waals surface area contributed by atoms with Crippen LogP contribution in [0.5, 0.6) is 11.8 Å². The predicted octanol–water partition coefficient (Wildman–Crippen LogP) is 8.39. The van der Waals surface area contributed by atoms with Crippen LogP contribution in [0, 0.1) is 11.3 Å². The minimum absolute atomic E-state index is 0.152. The third-order valence-corrected chi connectivity index (χ3v) is 8.15. The molecule has 7 nitrogen and oxygen atoms in total. The Hall–Kier alpha value is -4.52. The van der Waals surface area contributed by atoms with E-state index >= 15 is 0 Å². The lowest BCUT2D eigenvalue weighted by atomic mass is 9.73. The average Bonchev–Trinajstić information content (AvgIpc) is 3.03. The van der Waals surface area contributed by atoms with Gasteiger partial charge in [0, 0.05) is 23.4 Å². The number of rotatable bonds is 11. The number of ether oxygens (including phenoxy) is 3. The monoisotopic (exact) mass is 593 g/mol. The van der Waals surface area contributed by atoms with Gasteiger partial charge in [0.1, 0.15) is 19.3 Å². The number of nitrogens with zero attached hydrogens (tertiary/aromatic N) is 1. The summed E-state index contributed by atoms with van der Waals surface area (Å²) in [6, 6.07) is 32.8. The van der Waals surface area contributed by atoms with Crippen molar-refractivity contribution in [3.8, 4) is 22.9 Å². The second kappa shape index (κ2) is 14.3. The van der Waals surface area contributed by atoms with E-state index in [0.717, 1.165) is 53.6 Å². The van der Waals surface area contributed by atoms with Gasteiger partial charge < -0.3 is 25.3 Å². The lowest BCUT2D eigenvalue weighted by molar-refractivity contribution is -0.0156. The first-order valence-electron chi connectivity index (χ1n) is 15.4. The Morgan fingerprint density at radius 3 is 1.98 bits per heavy atom.